The Bertz CT molecular complexity index is 1140. The third kappa shape index (κ3) is 4.43. The Balaban J connectivity index is 1.52. The molecule has 10 heteroatoms. The summed E-state index contributed by atoms with van der Waals surface area (Å²) in [6.45, 7) is 1.46. The van der Waals surface area contributed by atoms with Crippen molar-refractivity contribution in [2.75, 3.05) is 48.7 Å². The van der Waals surface area contributed by atoms with Gasteiger partial charge in [-0.3, -0.25) is 18.9 Å². The number of benzene rings is 1. The van der Waals surface area contributed by atoms with Crippen LogP contribution in [0.5, 0.6) is 0 Å². The van der Waals surface area contributed by atoms with E-state index in [9.17, 15) is 18.0 Å². The summed E-state index contributed by atoms with van der Waals surface area (Å²) in [5.41, 5.74) is 1.46. The van der Waals surface area contributed by atoms with Gasteiger partial charge in [0.15, 0.2) is 0 Å². The van der Waals surface area contributed by atoms with Crippen LogP contribution >= 0.6 is 0 Å². The largest absolute Gasteiger partial charge is 0.348 e. The topological polar surface area (TPSA) is 107 Å². The van der Waals surface area contributed by atoms with Crippen molar-refractivity contribution >= 4 is 27.6 Å². The number of anilines is 2. The molecule has 2 saturated heterocycles. The lowest BCUT2D eigenvalue weighted by Gasteiger charge is -2.28. The van der Waals surface area contributed by atoms with Crippen molar-refractivity contribution < 1.29 is 13.2 Å². The molecule has 0 saturated carbocycles. The molecule has 1 atom stereocenters. The van der Waals surface area contributed by atoms with Gasteiger partial charge in [-0.2, -0.15) is 0 Å². The van der Waals surface area contributed by atoms with Crippen LogP contribution < -0.4 is 14.8 Å². The van der Waals surface area contributed by atoms with Crippen LogP contribution in [0.3, 0.4) is 0 Å². The van der Waals surface area contributed by atoms with Gasteiger partial charge in [-0.15, -0.1) is 0 Å². The number of nitrogens with one attached hydrogen (secondary N) is 1. The molecule has 1 aromatic carbocycles. The molecule has 2 aliphatic rings. The zero-order valence-corrected chi connectivity index (χ0v) is 18.6. The molecule has 1 aromatic heterocycles. The number of sulfonamides is 1. The van der Waals surface area contributed by atoms with E-state index >= 15 is 0 Å². The van der Waals surface area contributed by atoms with Gasteiger partial charge in [-0.25, -0.2) is 13.4 Å². The summed E-state index contributed by atoms with van der Waals surface area (Å²) in [5, 5.41) is 0. The Kier molecular flexibility index (Phi) is 5.74. The molecule has 2 aromatic rings. The average Bonchev–Trinajstić information content (AvgIpc) is 3.23. The highest BCUT2D eigenvalue weighted by molar-refractivity contribution is 7.92. The number of likely N-dealkylation sites (tertiary alicyclic amines) is 1. The lowest BCUT2D eigenvalue weighted by molar-refractivity contribution is 0.0790. The van der Waals surface area contributed by atoms with Crippen molar-refractivity contribution in [3.05, 3.63) is 51.9 Å². The predicted octanol–water partition coefficient (Wildman–Crippen LogP) is 1.40. The number of amides is 1. The van der Waals surface area contributed by atoms with E-state index in [2.05, 4.69) is 9.97 Å². The molecule has 2 aliphatic heterocycles. The van der Waals surface area contributed by atoms with Gasteiger partial charge >= 0.3 is 0 Å². The van der Waals surface area contributed by atoms with E-state index in [0.29, 0.717) is 48.9 Å². The standard InChI is InChI=1S/C21H27N5O4S/c1-24(2)21-22-18(13-19(27)23-21)16-8-10-25(14-16)20(28)15-6-5-7-17(12-15)26-9-3-4-11-31(26,29)30/h5-7,12-13,16H,3-4,8-11,14H2,1-2H3,(H,22,23,27)/t16-/m1/s1. The monoisotopic (exact) mass is 445 g/mol. The number of hydrogen-bond donors (Lipinski definition) is 1. The number of aromatic amines is 1. The molecule has 0 radical (unpaired) electrons. The quantitative estimate of drug-likeness (QED) is 0.762. The minimum absolute atomic E-state index is 0.0180. The number of H-pyrrole nitrogens is 1. The summed E-state index contributed by atoms with van der Waals surface area (Å²) < 4.78 is 26.2. The number of aromatic nitrogens is 2. The van der Waals surface area contributed by atoms with Crippen LogP contribution in [0.15, 0.2) is 35.1 Å². The number of hydrogen-bond acceptors (Lipinski definition) is 6. The predicted molar refractivity (Wildman–Crippen MR) is 119 cm³/mol. The molecule has 3 heterocycles. The number of carbonyl (C=O) groups is 1. The highest BCUT2D eigenvalue weighted by atomic mass is 32.2. The molecule has 2 fully saturated rings. The van der Waals surface area contributed by atoms with Gasteiger partial charge in [0.05, 0.1) is 17.1 Å². The molecule has 0 unspecified atom stereocenters. The third-order valence-corrected chi connectivity index (χ3v) is 7.67. The van der Waals surface area contributed by atoms with Crippen molar-refractivity contribution in [2.24, 2.45) is 0 Å². The molecule has 9 nitrogen and oxygen atoms in total. The van der Waals surface area contributed by atoms with Gasteiger partial charge in [-0.1, -0.05) is 6.07 Å². The summed E-state index contributed by atoms with van der Waals surface area (Å²) in [7, 11) is 0.281. The molecule has 31 heavy (non-hydrogen) atoms. The van der Waals surface area contributed by atoms with E-state index in [1.807, 2.05) is 14.1 Å². The summed E-state index contributed by atoms with van der Waals surface area (Å²) in [6, 6.07) is 8.32. The van der Waals surface area contributed by atoms with Gasteiger partial charge < -0.3 is 9.80 Å². The fourth-order valence-corrected chi connectivity index (χ4v) is 5.76. The number of nitrogens with zero attached hydrogens (tertiary/aromatic N) is 4. The van der Waals surface area contributed by atoms with Gasteiger partial charge in [0.2, 0.25) is 16.0 Å². The first-order valence-electron chi connectivity index (χ1n) is 10.4. The normalized spacial score (nSPS) is 20.6. The maximum atomic E-state index is 13.1. The molecular formula is C21H27N5O4S. The van der Waals surface area contributed by atoms with Crippen molar-refractivity contribution in [3.8, 4) is 0 Å². The lowest BCUT2D eigenvalue weighted by Crippen LogP contribution is -2.38. The number of rotatable bonds is 4. The van der Waals surface area contributed by atoms with Gasteiger partial charge in [-0.05, 0) is 37.5 Å². The van der Waals surface area contributed by atoms with Gasteiger partial charge in [0.1, 0.15) is 0 Å². The summed E-state index contributed by atoms with van der Waals surface area (Å²) >= 11 is 0. The fourth-order valence-electron chi connectivity index (χ4n) is 4.13. The minimum Gasteiger partial charge on any atom is -0.348 e. The molecule has 0 aliphatic carbocycles. The first-order chi connectivity index (χ1) is 14.7. The molecule has 4 rings (SSSR count). The zero-order chi connectivity index (χ0) is 22.2. The van der Waals surface area contributed by atoms with Crippen LogP contribution in [-0.2, 0) is 10.0 Å². The van der Waals surface area contributed by atoms with Gasteiger partial charge in [0.25, 0.3) is 11.5 Å². The number of carbonyl (C=O) groups excluding carboxylic acids is 1. The molecule has 166 valence electrons. The van der Waals surface area contributed by atoms with Crippen LogP contribution in [0.1, 0.15) is 41.2 Å². The molecular weight excluding hydrogens is 418 g/mol. The third-order valence-electron chi connectivity index (χ3n) is 5.80. The lowest BCUT2D eigenvalue weighted by atomic mass is 10.0. The second-order valence-electron chi connectivity index (χ2n) is 8.27. The second kappa shape index (κ2) is 8.33. The average molecular weight is 446 g/mol. The summed E-state index contributed by atoms with van der Waals surface area (Å²) in [6.07, 6.45) is 2.19. The van der Waals surface area contributed by atoms with E-state index in [0.717, 1.165) is 12.8 Å². The van der Waals surface area contributed by atoms with E-state index in [-0.39, 0.29) is 23.1 Å². The smallest absolute Gasteiger partial charge is 0.253 e. The van der Waals surface area contributed by atoms with Crippen LogP contribution in [-0.4, -0.2) is 68.7 Å². The Morgan fingerprint density at radius 3 is 2.74 bits per heavy atom. The van der Waals surface area contributed by atoms with E-state index < -0.39 is 10.0 Å². The van der Waals surface area contributed by atoms with Gasteiger partial charge in [0, 0.05) is 51.3 Å². The van der Waals surface area contributed by atoms with E-state index in [1.54, 1.807) is 34.1 Å². The highest BCUT2D eigenvalue weighted by Crippen LogP contribution is 2.29. The Hall–Kier alpha value is -2.88. The van der Waals surface area contributed by atoms with Crippen molar-refractivity contribution in [1.29, 1.82) is 0 Å². The highest BCUT2D eigenvalue weighted by Gasteiger charge is 2.31. The van der Waals surface area contributed by atoms with Crippen LogP contribution in [0.4, 0.5) is 11.6 Å². The van der Waals surface area contributed by atoms with Crippen LogP contribution in [0.2, 0.25) is 0 Å². The zero-order valence-electron chi connectivity index (χ0n) is 17.7. The van der Waals surface area contributed by atoms with Crippen molar-refractivity contribution in [1.82, 2.24) is 14.9 Å². The van der Waals surface area contributed by atoms with Crippen molar-refractivity contribution in [2.45, 2.75) is 25.2 Å². The first kappa shape index (κ1) is 21.4. The SMILES string of the molecule is CN(C)c1nc([C@@H]2CCN(C(=O)c3cccc(N4CCCCS4(=O)=O)c3)C2)cc(=O)[nH]1. The minimum atomic E-state index is -3.33. The Morgan fingerprint density at radius 1 is 1.19 bits per heavy atom. The maximum Gasteiger partial charge on any atom is 0.253 e. The van der Waals surface area contributed by atoms with E-state index in [1.165, 1.54) is 10.4 Å². The van der Waals surface area contributed by atoms with Crippen LogP contribution in [0.25, 0.3) is 0 Å². The summed E-state index contributed by atoms with van der Waals surface area (Å²) in [4.78, 5) is 35.8. The molecule has 0 bridgehead atoms. The molecule has 1 N–H and O–H groups in total. The second-order valence-corrected chi connectivity index (χ2v) is 10.3. The van der Waals surface area contributed by atoms with Crippen molar-refractivity contribution in [3.63, 3.8) is 0 Å². The fraction of sp³-hybridized carbons (Fsp3) is 0.476. The maximum absolute atomic E-state index is 13.1. The molecule has 0 spiro atoms. The Labute approximate surface area is 181 Å². The first-order valence-corrected chi connectivity index (χ1v) is 12.0. The van der Waals surface area contributed by atoms with E-state index in [4.69, 9.17) is 0 Å². The summed E-state index contributed by atoms with van der Waals surface area (Å²) in [5.74, 6) is 0.465. The molecule has 1 amide bonds. The van der Waals surface area contributed by atoms with Crippen LogP contribution in [0, 0.1) is 0 Å². The Morgan fingerprint density at radius 2 is 2.00 bits per heavy atom.